The smallest absolute Gasteiger partial charge is 0.183 e. The Morgan fingerprint density at radius 1 is 1.08 bits per heavy atom. The van der Waals surface area contributed by atoms with Crippen LogP contribution in [-0.2, 0) is 16.4 Å². The zero-order chi connectivity index (χ0) is 17.2. The van der Waals surface area contributed by atoms with Crippen LogP contribution in [0.2, 0.25) is 0 Å². The van der Waals surface area contributed by atoms with E-state index >= 15 is 0 Å². The average molecular weight is 413 g/mol. The van der Waals surface area contributed by atoms with Crippen LogP contribution < -0.4 is 4.90 Å². The summed E-state index contributed by atoms with van der Waals surface area (Å²) in [6, 6.07) is 13.9. The first-order chi connectivity index (χ1) is 11.5. The molecule has 2 aromatic carbocycles. The van der Waals surface area contributed by atoms with Gasteiger partial charge in [-0.25, -0.2) is 12.8 Å². The van der Waals surface area contributed by atoms with Gasteiger partial charge < -0.3 is 4.90 Å². The highest BCUT2D eigenvalue weighted by molar-refractivity contribution is 9.10. The fraction of sp³-hybridized carbons (Fsp3) is 0.333. The molecule has 1 aliphatic rings. The number of sulfone groups is 1. The number of quaternary nitrogens is 1. The summed E-state index contributed by atoms with van der Waals surface area (Å²) in [5.74, 6) is -0.138. The molecule has 0 aliphatic heterocycles. The van der Waals surface area contributed by atoms with E-state index in [2.05, 4.69) is 15.9 Å². The first-order valence-corrected chi connectivity index (χ1v) is 10.5. The zero-order valence-corrected chi connectivity index (χ0v) is 15.6. The molecule has 24 heavy (non-hydrogen) atoms. The SMILES string of the molecule is O=S(=O)(CC[NH+](Cc1ccccc1F)C1CC1)c1ccc(Br)cc1. The standard InChI is InChI=1S/C18H19BrFNO2S/c19-15-5-9-17(10-6-15)24(22,23)12-11-21(16-7-8-16)13-14-3-1-2-4-18(14)20/h1-6,9-10,16H,7-8,11-13H2/p+1. The normalized spacial score (nSPS) is 16.1. The Labute approximate surface area is 150 Å². The maximum absolute atomic E-state index is 13.9. The molecule has 1 fully saturated rings. The maximum Gasteiger partial charge on any atom is 0.183 e. The van der Waals surface area contributed by atoms with E-state index in [0.717, 1.165) is 22.2 Å². The monoisotopic (exact) mass is 412 g/mol. The van der Waals surface area contributed by atoms with Crippen LogP contribution in [0.15, 0.2) is 57.9 Å². The van der Waals surface area contributed by atoms with Crippen molar-refractivity contribution in [3.05, 3.63) is 64.4 Å². The minimum Gasteiger partial charge on any atom is -0.328 e. The minimum absolute atomic E-state index is 0.0783. The van der Waals surface area contributed by atoms with Crippen molar-refractivity contribution in [2.75, 3.05) is 12.3 Å². The topological polar surface area (TPSA) is 38.6 Å². The maximum atomic E-state index is 13.9. The molecule has 1 N–H and O–H groups in total. The van der Waals surface area contributed by atoms with Gasteiger partial charge in [0.15, 0.2) is 9.84 Å². The van der Waals surface area contributed by atoms with Crippen LogP contribution >= 0.6 is 15.9 Å². The Morgan fingerprint density at radius 2 is 1.75 bits per heavy atom. The second kappa shape index (κ2) is 7.33. The molecule has 0 spiro atoms. The van der Waals surface area contributed by atoms with Crippen molar-refractivity contribution < 1.29 is 17.7 Å². The predicted molar refractivity (Wildman–Crippen MR) is 95.2 cm³/mol. The Kier molecular flexibility index (Phi) is 5.37. The summed E-state index contributed by atoms with van der Waals surface area (Å²) in [6.45, 7) is 1.03. The highest BCUT2D eigenvalue weighted by Crippen LogP contribution is 2.18. The van der Waals surface area contributed by atoms with E-state index in [4.69, 9.17) is 0 Å². The van der Waals surface area contributed by atoms with Gasteiger partial charge in [-0.3, -0.25) is 0 Å². The second-order valence-corrected chi connectivity index (χ2v) is 9.25. The van der Waals surface area contributed by atoms with Gasteiger partial charge in [0.05, 0.1) is 17.5 Å². The Hall–Kier alpha value is -1.24. The Bertz CT molecular complexity index is 804. The zero-order valence-electron chi connectivity index (χ0n) is 13.2. The van der Waals surface area contributed by atoms with Crippen molar-refractivity contribution in [2.45, 2.75) is 30.3 Å². The number of nitrogens with one attached hydrogen (secondary N) is 1. The molecule has 0 radical (unpaired) electrons. The van der Waals surface area contributed by atoms with Crippen LogP contribution in [0.25, 0.3) is 0 Å². The van der Waals surface area contributed by atoms with Crippen molar-refractivity contribution in [3.8, 4) is 0 Å². The highest BCUT2D eigenvalue weighted by Gasteiger charge is 2.34. The quantitative estimate of drug-likeness (QED) is 0.758. The Morgan fingerprint density at radius 3 is 2.38 bits per heavy atom. The van der Waals surface area contributed by atoms with E-state index in [1.54, 1.807) is 36.4 Å². The van der Waals surface area contributed by atoms with E-state index in [1.165, 1.54) is 6.07 Å². The van der Waals surface area contributed by atoms with Crippen LogP contribution in [0.4, 0.5) is 4.39 Å². The summed E-state index contributed by atoms with van der Waals surface area (Å²) in [5, 5.41) is 0. The van der Waals surface area contributed by atoms with Gasteiger partial charge in [0.1, 0.15) is 18.1 Å². The van der Waals surface area contributed by atoms with Crippen molar-refractivity contribution in [1.82, 2.24) is 0 Å². The lowest BCUT2D eigenvalue weighted by Crippen LogP contribution is -3.12. The van der Waals surface area contributed by atoms with E-state index in [-0.39, 0.29) is 11.6 Å². The lowest BCUT2D eigenvalue weighted by molar-refractivity contribution is -0.922. The third-order valence-electron chi connectivity index (χ3n) is 4.39. The van der Waals surface area contributed by atoms with E-state index in [9.17, 15) is 12.8 Å². The molecule has 0 amide bonds. The molecule has 1 saturated carbocycles. The molecule has 1 atom stereocenters. The molecule has 6 heteroatoms. The molecule has 3 nitrogen and oxygen atoms in total. The molecule has 0 aromatic heterocycles. The van der Waals surface area contributed by atoms with E-state index < -0.39 is 9.84 Å². The highest BCUT2D eigenvalue weighted by atomic mass is 79.9. The molecule has 1 aliphatic carbocycles. The number of halogens is 2. The predicted octanol–water partition coefficient (Wildman–Crippen LogP) is 2.61. The van der Waals surface area contributed by atoms with Gasteiger partial charge in [-0.05, 0) is 30.3 Å². The van der Waals surface area contributed by atoms with Gasteiger partial charge in [-0.2, -0.15) is 0 Å². The summed E-state index contributed by atoms with van der Waals surface area (Å²) in [6.07, 6.45) is 2.17. The summed E-state index contributed by atoms with van der Waals surface area (Å²) in [7, 11) is -3.32. The van der Waals surface area contributed by atoms with E-state index in [1.807, 2.05) is 6.07 Å². The van der Waals surface area contributed by atoms with Gasteiger partial charge in [-0.1, -0.05) is 34.1 Å². The number of rotatable bonds is 7. The van der Waals surface area contributed by atoms with Crippen LogP contribution in [0, 0.1) is 5.82 Å². The summed E-state index contributed by atoms with van der Waals surface area (Å²) < 4.78 is 39.7. The van der Waals surface area contributed by atoms with Crippen molar-refractivity contribution in [2.24, 2.45) is 0 Å². The fourth-order valence-corrected chi connectivity index (χ4v) is 4.42. The molecular formula is C18H20BrFNO2S+. The minimum atomic E-state index is -3.32. The van der Waals surface area contributed by atoms with Gasteiger partial charge >= 0.3 is 0 Å². The largest absolute Gasteiger partial charge is 0.328 e. The number of hydrogen-bond acceptors (Lipinski definition) is 2. The molecule has 2 aromatic rings. The third kappa shape index (κ3) is 4.43. The van der Waals surface area contributed by atoms with Gasteiger partial charge in [0, 0.05) is 22.9 Å². The van der Waals surface area contributed by atoms with Crippen LogP contribution in [0.1, 0.15) is 18.4 Å². The molecule has 128 valence electrons. The summed E-state index contributed by atoms with van der Waals surface area (Å²) >= 11 is 3.31. The van der Waals surface area contributed by atoms with Gasteiger partial charge in [-0.15, -0.1) is 0 Å². The van der Waals surface area contributed by atoms with Crippen molar-refractivity contribution in [3.63, 3.8) is 0 Å². The van der Waals surface area contributed by atoms with Crippen LogP contribution in [0.3, 0.4) is 0 Å². The lowest BCUT2D eigenvalue weighted by Gasteiger charge is -2.19. The second-order valence-electron chi connectivity index (χ2n) is 6.22. The number of benzene rings is 2. The first kappa shape index (κ1) is 17.6. The van der Waals surface area contributed by atoms with Crippen LogP contribution in [0.5, 0.6) is 0 Å². The first-order valence-electron chi connectivity index (χ1n) is 8.02. The van der Waals surface area contributed by atoms with Gasteiger partial charge in [0.25, 0.3) is 0 Å². The summed E-state index contributed by atoms with van der Waals surface area (Å²) in [5.41, 5.74) is 0.653. The molecule has 0 heterocycles. The number of hydrogen-bond donors (Lipinski definition) is 1. The lowest BCUT2D eigenvalue weighted by atomic mass is 10.2. The van der Waals surface area contributed by atoms with Crippen molar-refractivity contribution >= 4 is 25.8 Å². The molecule has 0 saturated heterocycles. The molecule has 0 bridgehead atoms. The van der Waals surface area contributed by atoms with Gasteiger partial charge in [0.2, 0.25) is 0 Å². The molecule has 3 rings (SSSR count). The Balaban J connectivity index is 1.68. The average Bonchev–Trinajstić information content (AvgIpc) is 3.38. The van der Waals surface area contributed by atoms with Crippen LogP contribution in [-0.4, -0.2) is 26.8 Å². The third-order valence-corrected chi connectivity index (χ3v) is 6.66. The van der Waals surface area contributed by atoms with Crippen molar-refractivity contribution in [1.29, 1.82) is 0 Å². The molecular weight excluding hydrogens is 393 g/mol. The van der Waals surface area contributed by atoms with E-state index in [0.29, 0.717) is 29.6 Å². The molecule has 1 unspecified atom stereocenters. The fourth-order valence-electron chi connectivity index (χ4n) is 2.84. The summed E-state index contributed by atoms with van der Waals surface area (Å²) in [4.78, 5) is 1.49.